The van der Waals surface area contributed by atoms with Gasteiger partial charge < -0.3 is 15.1 Å². The fourth-order valence-electron chi connectivity index (χ4n) is 2.21. The molecule has 1 saturated heterocycles. The van der Waals surface area contributed by atoms with Gasteiger partial charge in [0.1, 0.15) is 10.5 Å². The molecule has 1 unspecified atom stereocenters. The maximum atomic E-state index is 12.3. The van der Waals surface area contributed by atoms with Crippen LogP contribution in [0.5, 0.6) is 0 Å². The Balaban J connectivity index is 2.41. The van der Waals surface area contributed by atoms with E-state index in [2.05, 4.69) is 26.3 Å². The van der Waals surface area contributed by atoms with E-state index in [-0.39, 0.29) is 17.5 Å². The molecule has 1 aromatic rings. The van der Waals surface area contributed by atoms with Crippen LogP contribution in [0.15, 0.2) is 15.5 Å². The maximum Gasteiger partial charge on any atom is 0.282 e. The molecule has 0 bridgehead atoms. The number of nitrogens with one attached hydrogen (secondary N) is 1. The zero-order valence-electron chi connectivity index (χ0n) is 11.8. The maximum absolute atomic E-state index is 12.3. The topological polar surface area (TPSA) is 70.5 Å². The van der Waals surface area contributed by atoms with Crippen LogP contribution >= 0.6 is 15.9 Å². The van der Waals surface area contributed by atoms with Crippen LogP contribution in [-0.2, 0) is 11.8 Å². The van der Waals surface area contributed by atoms with Crippen molar-refractivity contribution in [3.05, 3.63) is 21.0 Å². The molecule has 2 heterocycles. The third-order valence-corrected chi connectivity index (χ3v) is 4.08. The molecule has 0 aromatic carbocycles. The van der Waals surface area contributed by atoms with Crippen LogP contribution in [0.4, 0.5) is 5.69 Å². The van der Waals surface area contributed by atoms with Gasteiger partial charge in [-0.1, -0.05) is 0 Å². The summed E-state index contributed by atoms with van der Waals surface area (Å²) in [5.74, 6) is 0.00442. The van der Waals surface area contributed by atoms with E-state index in [1.807, 2.05) is 4.90 Å². The first-order chi connectivity index (χ1) is 9.43. The minimum absolute atomic E-state index is 0.00442. The minimum Gasteiger partial charge on any atom is -0.355 e. The van der Waals surface area contributed by atoms with Crippen LogP contribution in [0.2, 0.25) is 0 Å². The molecule has 1 amide bonds. The normalized spacial score (nSPS) is 19.0. The standard InChI is InChI=1S/C12H18BrN5O2/c1-16(2)11(19)9-6-14-4-5-18(9)8-7-15-17(3)12(20)10(8)13/h7,9,14H,4-6H2,1-3H3. The lowest BCUT2D eigenvalue weighted by Gasteiger charge is -2.38. The molecule has 0 spiro atoms. The Labute approximate surface area is 125 Å². The molecule has 110 valence electrons. The van der Waals surface area contributed by atoms with Crippen LogP contribution in [-0.4, -0.2) is 60.4 Å². The predicted octanol–water partition coefficient (Wildman–Crippen LogP) is -0.591. The summed E-state index contributed by atoms with van der Waals surface area (Å²) in [6.45, 7) is 1.97. The predicted molar refractivity (Wildman–Crippen MR) is 79.9 cm³/mol. The summed E-state index contributed by atoms with van der Waals surface area (Å²) in [6.07, 6.45) is 1.62. The number of anilines is 1. The molecule has 8 heteroatoms. The van der Waals surface area contributed by atoms with Gasteiger partial charge in [0.15, 0.2) is 0 Å². The summed E-state index contributed by atoms with van der Waals surface area (Å²) >= 11 is 3.32. The van der Waals surface area contributed by atoms with Gasteiger partial charge in [-0.2, -0.15) is 5.10 Å². The van der Waals surface area contributed by atoms with Crippen molar-refractivity contribution in [2.45, 2.75) is 6.04 Å². The lowest BCUT2D eigenvalue weighted by Crippen LogP contribution is -2.58. The van der Waals surface area contributed by atoms with E-state index >= 15 is 0 Å². The van der Waals surface area contributed by atoms with Crippen molar-refractivity contribution in [1.82, 2.24) is 20.0 Å². The van der Waals surface area contributed by atoms with Gasteiger partial charge in [-0.05, 0) is 15.9 Å². The molecule has 1 atom stereocenters. The van der Waals surface area contributed by atoms with Crippen molar-refractivity contribution >= 4 is 27.5 Å². The molecule has 7 nitrogen and oxygen atoms in total. The van der Waals surface area contributed by atoms with Gasteiger partial charge in [0.05, 0.1) is 11.9 Å². The largest absolute Gasteiger partial charge is 0.355 e. The molecule has 1 aromatic heterocycles. The van der Waals surface area contributed by atoms with Crippen LogP contribution in [0.1, 0.15) is 0 Å². The number of likely N-dealkylation sites (N-methyl/N-ethyl adjacent to an activating group) is 1. The Hall–Kier alpha value is -1.41. The summed E-state index contributed by atoms with van der Waals surface area (Å²) in [5, 5.41) is 7.25. The Kier molecular flexibility index (Phi) is 4.44. The summed E-state index contributed by atoms with van der Waals surface area (Å²) < 4.78 is 1.70. The van der Waals surface area contributed by atoms with Gasteiger partial charge in [-0.15, -0.1) is 0 Å². The molecule has 0 radical (unpaired) electrons. The molecule has 20 heavy (non-hydrogen) atoms. The highest BCUT2D eigenvalue weighted by Gasteiger charge is 2.31. The molecule has 1 aliphatic rings. The van der Waals surface area contributed by atoms with E-state index in [1.54, 1.807) is 32.2 Å². The summed E-state index contributed by atoms with van der Waals surface area (Å²) in [5.41, 5.74) is 0.451. The van der Waals surface area contributed by atoms with Crippen molar-refractivity contribution in [3.8, 4) is 0 Å². The van der Waals surface area contributed by atoms with E-state index in [0.29, 0.717) is 23.2 Å². The number of nitrogens with zero attached hydrogens (tertiary/aromatic N) is 4. The number of carbonyl (C=O) groups excluding carboxylic acids is 1. The van der Waals surface area contributed by atoms with E-state index in [1.165, 1.54) is 4.68 Å². The summed E-state index contributed by atoms with van der Waals surface area (Å²) in [4.78, 5) is 27.7. The van der Waals surface area contributed by atoms with Crippen LogP contribution in [0, 0.1) is 0 Å². The number of halogens is 1. The average molecular weight is 344 g/mol. The fraction of sp³-hybridized carbons (Fsp3) is 0.583. The molecule has 1 aliphatic heterocycles. The van der Waals surface area contributed by atoms with Crippen molar-refractivity contribution in [2.24, 2.45) is 7.05 Å². The molecule has 0 saturated carbocycles. The number of aromatic nitrogens is 2. The molecule has 1 N–H and O–H groups in total. The first-order valence-electron chi connectivity index (χ1n) is 6.34. The zero-order chi connectivity index (χ0) is 14.9. The third kappa shape index (κ3) is 2.71. The van der Waals surface area contributed by atoms with Crippen LogP contribution < -0.4 is 15.8 Å². The summed E-state index contributed by atoms with van der Waals surface area (Å²) in [7, 11) is 5.05. The highest BCUT2D eigenvalue weighted by Crippen LogP contribution is 2.24. The Bertz CT molecular complexity index is 571. The highest BCUT2D eigenvalue weighted by atomic mass is 79.9. The van der Waals surface area contributed by atoms with Gasteiger partial charge in [-0.3, -0.25) is 9.59 Å². The Morgan fingerprint density at radius 3 is 2.90 bits per heavy atom. The second-order valence-electron chi connectivity index (χ2n) is 4.92. The van der Waals surface area contributed by atoms with Gasteiger partial charge in [0, 0.05) is 40.8 Å². The van der Waals surface area contributed by atoms with Crippen molar-refractivity contribution in [3.63, 3.8) is 0 Å². The molecule has 2 rings (SSSR count). The van der Waals surface area contributed by atoms with Gasteiger partial charge >= 0.3 is 0 Å². The molecular weight excluding hydrogens is 326 g/mol. The number of aryl methyl sites for hydroxylation is 1. The van der Waals surface area contributed by atoms with Gasteiger partial charge in [-0.25, -0.2) is 4.68 Å². The molecule has 1 fully saturated rings. The zero-order valence-corrected chi connectivity index (χ0v) is 13.3. The van der Waals surface area contributed by atoms with Crippen LogP contribution in [0.3, 0.4) is 0 Å². The first-order valence-corrected chi connectivity index (χ1v) is 7.13. The third-order valence-electron chi connectivity index (χ3n) is 3.34. The van der Waals surface area contributed by atoms with Crippen LogP contribution in [0.25, 0.3) is 0 Å². The number of piperazine rings is 1. The number of hydrogen-bond donors (Lipinski definition) is 1. The van der Waals surface area contributed by atoms with E-state index in [0.717, 1.165) is 6.54 Å². The molecular formula is C12H18BrN5O2. The fourth-order valence-corrected chi connectivity index (χ4v) is 2.80. The number of hydrogen-bond acceptors (Lipinski definition) is 5. The Morgan fingerprint density at radius 2 is 2.25 bits per heavy atom. The second-order valence-corrected chi connectivity index (χ2v) is 5.71. The lowest BCUT2D eigenvalue weighted by molar-refractivity contribution is -0.130. The average Bonchev–Trinajstić information content (AvgIpc) is 2.44. The van der Waals surface area contributed by atoms with E-state index in [9.17, 15) is 9.59 Å². The van der Waals surface area contributed by atoms with Crippen molar-refractivity contribution in [2.75, 3.05) is 38.6 Å². The number of rotatable bonds is 2. The smallest absolute Gasteiger partial charge is 0.282 e. The van der Waals surface area contributed by atoms with Crippen molar-refractivity contribution < 1.29 is 4.79 Å². The lowest BCUT2D eigenvalue weighted by atomic mass is 10.1. The van der Waals surface area contributed by atoms with Gasteiger partial charge in [0.2, 0.25) is 5.91 Å². The summed E-state index contributed by atoms with van der Waals surface area (Å²) in [6, 6.07) is -0.330. The van der Waals surface area contributed by atoms with E-state index in [4.69, 9.17) is 0 Å². The quantitative estimate of drug-likeness (QED) is 0.777. The van der Waals surface area contributed by atoms with Crippen molar-refractivity contribution in [1.29, 1.82) is 0 Å². The van der Waals surface area contributed by atoms with Gasteiger partial charge in [0.25, 0.3) is 5.56 Å². The second kappa shape index (κ2) is 5.92. The SMILES string of the molecule is CN(C)C(=O)C1CNCCN1c1cnn(C)c(=O)c1Br. The van der Waals surface area contributed by atoms with E-state index < -0.39 is 0 Å². The highest BCUT2D eigenvalue weighted by molar-refractivity contribution is 9.10. The Morgan fingerprint density at radius 1 is 1.55 bits per heavy atom. The molecule has 0 aliphatic carbocycles. The number of amides is 1. The first kappa shape index (κ1) is 15.0. The monoisotopic (exact) mass is 343 g/mol. The minimum atomic E-state index is -0.330. The number of carbonyl (C=O) groups is 1.